The summed E-state index contributed by atoms with van der Waals surface area (Å²) in [5.41, 5.74) is 0.975. The van der Waals surface area contributed by atoms with E-state index >= 15 is 0 Å². The van der Waals surface area contributed by atoms with Crippen molar-refractivity contribution < 1.29 is 14.2 Å². The quantitative estimate of drug-likeness (QED) is 0.549. The Kier molecular flexibility index (Phi) is 8.19. The Hall–Kier alpha value is -1.79. The zero-order valence-electron chi connectivity index (χ0n) is 16.5. The molecule has 0 amide bonds. The van der Waals surface area contributed by atoms with Crippen LogP contribution in [0, 0.1) is 6.92 Å². The maximum Gasteiger partial charge on any atom is 0.191 e. The average molecular weight is 364 g/mol. The first-order valence-electron chi connectivity index (χ1n) is 9.45. The largest absolute Gasteiger partial charge is 0.489 e. The van der Waals surface area contributed by atoms with Gasteiger partial charge in [-0.05, 0) is 38.5 Å². The van der Waals surface area contributed by atoms with Crippen LogP contribution < -0.4 is 15.4 Å². The van der Waals surface area contributed by atoms with E-state index in [2.05, 4.69) is 30.5 Å². The molecule has 1 aliphatic heterocycles. The van der Waals surface area contributed by atoms with Gasteiger partial charge in [0.25, 0.3) is 0 Å². The number of hydrogen-bond acceptors (Lipinski definition) is 4. The molecule has 6 nitrogen and oxygen atoms in total. The fraction of sp³-hybridized carbons (Fsp3) is 0.650. The van der Waals surface area contributed by atoms with E-state index in [1.54, 1.807) is 7.11 Å². The van der Waals surface area contributed by atoms with Crippen LogP contribution in [0.15, 0.2) is 29.3 Å². The molecule has 0 spiro atoms. The molecule has 0 bridgehead atoms. The van der Waals surface area contributed by atoms with Gasteiger partial charge in [0, 0.05) is 39.7 Å². The van der Waals surface area contributed by atoms with Crippen molar-refractivity contribution in [2.75, 3.05) is 40.0 Å². The first kappa shape index (κ1) is 20.5. The van der Waals surface area contributed by atoms with Gasteiger partial charge in [-0.15, -0.1) is 0 Å². The highest BCUT2D eigenvalue weighted by Gasteiger charge is 2.32. The minimum atomic E-state index is -0.218. The molecule has 1 saturated heterocycles. The van der Waals surface area contributed by atoms with E-state index in [1.807, 2.05) is 25.1 Å². The molecule has 1 unspecified atom stereocenters. The minimum Gasteiger partial charge on any atom is -0.489 e. The topological polar surface area (TPSA) is 64.1 Å². The van der Waals surface area contributed by atoms with Crippen LogP contribution in [-0.2, 0) is 9.47 Å². The smallest absolute Gasteiger partial charge is 0.191 e. The summed E-state index contributed by atoms with van der Waals surface area (Å²) in [4.78, 5) is 4.73. The van der Waals surface area contributed by atoms with E-state index < -0.39 is 0 Å². The lowest BCUT2D eigenvalue weighted by molar-refractivity contribution is -0.0828. The summed E-state index contributed by atoms with van der Waals surface area (Å²) in [5.74, 6) is 1.68. The van der Waals surface area contributed by atoms with Gasteiger partial charge in [-0.1, -0.05) is 12.1 Å². The lowest BCUT2D eigenvalue weighted by Crippen LogP contribution is -2.45. The van der Waals surface area contributed by atoms with Gasteiger partial charge in [0.2, 0.25) is 0 Å². The van der Waals surface area contributed by atoms with Crippen molar-refractivity contribution in [1.82, 2.24) is 10.6 Å². The van der Waals surface area contributed by atoms with E-state index in [1.165, 1.54) is 5.56 Å². The first-order chi connectivity index (χ1) is 12.6. The van der Waals surface area contributed by atoms with Gasteiger partial charge >= 0.3 is 0 Å². The van der Waals surface area contributed by atoms with Crippen molar-refractivity contribution in [2.24, 2.45) is 4.99 Å². The second kappa shape index (κ2) is 10.4. The van der Waals surface area contributed by atoms with Crippen molar-refractivity contribution in [3.63, 3.8) is 0 Å². The highest BCUT2D eigenvalue weighted by molar-refractivity contribution is 5.79. The lowest BCUT2D eigenvalue weighted by atomic mass is 9.94. The third-order valence-corrected chi connectivity index (χ3v) is 4.59. The molecular formula is C20H33N3O3. The number of hydrogen-bond donors (Lipinski definition) is 2. The van der Waals surface area contributed by atoms with E-state index in [0.717, 1.165) is 44.3 Å². The minimum absolute atomic E-state index is 0.0279. The molecule has 0 saturated carbocycles. The number of methoxy groups -OCH3 is 1. The van der Waals surface area contributed by atoms with Crippen molar-refractivity contribution in [3.05, 3.63) is 29.8 Å². The van der Waals surface area contributed by atoms with Gasteiger partial charge in [0.15, 0.2) is 5.96 Å². The Morgan fingerprint density at radius 3 is 2.73 bits per heavy atom. The Bertz CT molecular complexity index is 571. The predicted octanol–water partition coefficient (Wildman–Crippen LogP) is 2.51. The van der Waals surface area contributed by atoms with Crippen LogP contribution in [0.4, 0.5) is 0 Å². The summed E-state index contributed by atoms with van der Waals surface area (Å²) in [6.45, 7) is 9.73. The molecule has 1 heterocycles. The molecule has 146 valence electrons. The second-order valence-electron chi connectivity index (χ2n) is 6.82. The van der Waals surface area contributed by atoms with Crippen molar-refractivity contribution in [3.8, 4) is 5.75 Å². The second-order valence-corrected chi connectivity index (χ2v) is 6.82. The van der Waals surface area contributed by atoms with Gasteiger partial charge in [0.05, 0.1) is 18.7 Å². The lowest BCUT2D eigenvalue weighted by Gasteiger charge is -2.34. The Morgan fingerprint density at radius 2 is 2.08 bits per heavy atom. The summed E-state index contributed by atoms with van der Waals surface area (Å²) in [5, 5.41) is 6.65. The summed E-state index contributed by atoms with van der Waals surface area (Å²) in [6.07, 6.45) is 1.78. The van der Waals surface area contributed by atoms with Crippen LogP contribution in [0.2, 0.25) is 0 Å². The van der Waals surface area contributed by atoms with Gasteiger partial charge in [-0.25, -0.2) is 0 Å². The molecule has 1 fully saturated rings. The fourth-order valence-corrected chi connectivity index (χ4v) is 2.94. The van der Waals surface area contributed by atoms with Crippen molar-refractivity contribution >= 4 is 5.96 Å². The molecule has 26 heavy (non-hydrogen) atoms. The molecule has 0 aliphatic carbocycles. The van der Waals surface area contributed by atoms with E-state index in [9.17, 15) is 0 Å². The van der Waals surface area contributed by atoms with Crippen molar-refractivity contribution in [1.29, 1.82) is 0 Å². The Balaban J connectivity index is 1.88. The van der Waals surface area contributed by atoms with Crippen LogP contribution in [0.3, 0.4) is 0 Å². The number of aryl methyl sites for hydroxylation is 1. The molecular weight excluding hydrogens is 330 g/mol. The monoisotopic (exact) mass is 363 g/mol. The van der Waals surface area contributed by atoms with E-state index in [0.29, 0.717) is 13.1 Å². The molecule has 1 aromatic carbocycles. The molecule has 1 aliphatic rings. The number of aliphatic imine (C=N–C) groups is 1. The fourth-order valence-electron chi connectivity index (χ4n) is 2.94. The first-order valence-corrected chi connectivity index (χ1v) is 9.45. The SMILES string of the molecule is CCNC(=NCC1(OC)CCOCC1)NCC(C)Oc1cccc(C)c1. The average Bonchev–Trinajstić information content (AvgIpc) is 2.65. The summed E-state index contributed by atoms with van der Waals surface area (Å²) in [6, 6.07) is 8.10. The van der Waals surface area contributed by atoms with Crippen LogP contribution >= 0.6 is 0 Å². The molecule has 2 N–H and O–H groups in total. The summed E-state index contributed by atoms with van der Waals surface area (Å²) in [7, 11) is 1.76. The number of nitrogens with one attached hydrogen (secondary N) is 2. The molecule has 6 heteroatoms. The van der Waals surface area contributed by atoms with Crippen LogP contribution in [0.1, 0.15) is 32.3 Å². The van der Waals surface area contributed by atoms with Gasteiger partial charge in [-0.2, -0.15) is 0 Å². The zero-order chi connectivity index (χ0) is 18.8. The zero-order valence-corrected chi connectivity index (χ0v) is 16.5. The molecule has 2 rings (SSSR count). The van der Waals surface area contributed by atoms with Crippen LogP contribution in [-0.4, -0.2) is 57.6 Å². The number of nitrogens with zero attached hydrogens (tertiary/aromatic N) is 1. The highest BCUT2D eigenvalue weighted by Crippen LogP contribution is 2.24. The molecule has 0 radical (unpaired) electrons. The highest BCUT2D eigenvalue weighted by atomic mass is 16.5. The maximum absolute atomic E-state index is 5.97. The van der Waals surface area contributed by atoms with Crippen LogP contribution in [0.5, 0.6) is 5.75 Å². The number of benzene rings is 1. The Morgan fingerprint density at radius 1 is 1.31 bits per heavy atom. The predicted molar refractivity (Wildman–Crippen MR) is 105 cm³/mol. The standard InChI is InChI=1S/C20H33N3O3/c1-5-21-19(23-15-20(24-4)9-11-25-12-10-20)22-14-17(3)26-18-8-6-7-16(2)13-18/h6-8,13,17H,5,9-12,14-15H2,1-4H3,(H2,21,22,23). The summed E-state index contributed by atoms with van der Waals surface area (Å²) < 4.78 is 17.2. The number of guanidine groups is 1. The van der Waals surface area contributed by atoms with Gasteiger partial charge in [-0.3, -0.25) is 4.99 Å². The molecule has 1 atom stereocenters. The van der Waals surface area contributed by atoms with Crippen molar-refractivity contribution in [2.45, 2.75) is 45.3 Å². The molecule has 0 aromatic heterocycles. The van der Waals surface area contributed by atoms with E-state index in [4.69, 9.17) is 19.2 Å². The normalized spacial score (nSPS) is 18.2. The third kappa shape index (κ3) is 6.50. The third-order valence-electron chi connectivity index (χ3n) is 4.59. The molecule has 1 aromatic rings. The maximum atomic E-state index is 5.97. The summed E-state index contributed by atoms with van der Waals surface area (Å²) >= 11 is 0. The van der Waals surface area contributed by atoms with Gasteiger partial charge in [0.1, 0.15) is 11.9 Å². The Labute approximate surface area is 157 Å². The van der Waals surface area contributed by atoms with Crippen LogP contribution in [0.25, 0.3) is 0 Å². The van der Waals surface area contributed by atoms with E-state index in [-0.39, 0.29) is 11.7 Å². The number of ether oxygens (including phenoxy) is 3. The van der Waals surface area contributed by atoms with Gasteiger partial charge < -0.3 is 24.8 Å². The number of rotatable bonds is 8.